The van der Waals surface area contributed by atoms with Crippen LogP contribution in [-0.4, -0.2) is 23.4 Å². The number of carboxylic acid groups (broad SMARTS) is 1. The lowest BCUT2D eigenvalue weighted by Gasteiger charge is -1.93. The minimum Gasteiger partial charge on any atom is -0.476 e. The topological polar surface area (TPSA) is 82.7 Å². The fourth-order valence-electron chi connectivity index (χ4n) is 0.309. The summed E-state index contributed by atoms with van der Waals surface area (Å²) in [7, 11) is 0. The minimum atomic E-state index is -1.37. The lowest BCUT2D eigenvalue weighted by molar-refractivity contribution is -0.129. The highest BCUT2D eigenvalue weighted by atomic mass is 16.6. The Morgan fingerprint density at radius 2 is 2.45 bits per heavy atom. The number of nitrogens with zero attached hydrogens (tertiary/aromatic N) is 2. The van der Waals surface area contributed by atoms with E-state index < -0.39 is 11.7 Å². The summed E-state index contributed by atoms with van der Waals surface area (Å²) in [6.45, 7) is 2.17. The van der Waals surface area contributed by atoms with Gasteiger partial charge in [-0.2, -0.15) is 5.26 Å². The van der Waals surface area contributed by atoms with Crippen molar-refractivity contribution in [2.45, 2.75) is 13.3 Å². The van der Waals surface area contributed by atoms with Crippen molar-refractivity contribution in [1.29, 1.82) is 5.26 Å². The quantitative estimate of drug-likeness (QED) is 0.362. The summed E-state index contributed by atoms with van der Waals surface area (Å²) in [4.78, 5) is 14.6. The van der Waals surface area contributed by atoms with Gasteiger partial charge < -0.3 is 9.94 Å². The normalized spacial score (nSPS) is 10.4. The summed E-state index contributed by atoms with van der Waals surface area (Å²) < 4.78 is 0. The summed E-state index contributed by atoms with van der Waals surface area (Å²) in [5, 5.41) is 19.5. The summed E-state index contributed by atoms with van der Waals surface area (Å²) in [5.74, 6) is -1.37. The van der Waals surface area contributed by atoms with Gasteiger partial charge in [-0.25, -0.2) is 4.79 Å². The Hall–Kier alpha value is -1.57. The molecular weight excluding hydrogens is 148 g/mol. The van der Waals surface area contributed by atoms with E-state index in [-0.39, 0.29) is 0 Å². The number of carbonyl (C=O) groups is 1. The van der Waals surface area contributed by atoms with E-state index >= 15 is 0 Å². The predicted molar refractivity (Wildman–Crippen MR) is 36.9 cm³/mol. The molecule has 0 fully saturated rings. The van der Waals surface area contributed by atoms with E-state index in [0.717, 1.165) is 6.42 Å². The highest BCUT2D eigenvalue weighted by Crippen LogP contribution is 1.83. The van der Waals surface area contributed by atoms with Crippen LogP contribution in [0.5, 0.6) is 0 Å². The summed E-state index contributed by atoms with van der Waals surface area (Å²) in [6.07, 6.45) is 0.724. The molecule has 0 aliphatic carbocycles. The SMILES string of the molecule is CCCO/N=C(/C#N)C(=O)O. The van der Waals surface area contributed by atoms with Gasteiger partial charge in [-0.3, -0.25) is 0 Å². The van der Waals surface area contributed by atoms with E-state index in [1.165, 1.54) is 6.07 Å². The number of carboxylic acids is 1. The molecule has 0 aromatic rings. The Kier molecular flexibility index (Phi) is 4.49. The van der Waals surface area contributed by atoms with Crippen molar-refractivity contribution in [3.05, 3.63) is 0 Å². The van der Waals surface area contributed by atoms with Crippen molar-refractivity contribution in [3.63, 3.8) is 0 Å². The molecular formula is C6H8N2O3. The van der Waals surface area contributed by atoms with Crippen LogP contribution in [0.2, 0.25) is 0 Å². The first-order valence-corrected chi connectivity index (χ1v) is 3.05. The van der Waals surface area contributed by atoms with Crippen molar-refractivity contribution < 1.29 is 14.7 Å². The standard InChI is InChI=1S/C6H8N2O3/c1-2-3-11-8-5(4-7)6(9)10/h2-3H2,1H3,(H,9,10)/b8-5-. The Balaban J connectivity index is 3.95. The second-order valence-electron chi connectivity index (χ2n) is 1.69. The molecule has 0 radical (unpaired) electrons. The van der Waals surface area contributed by atoms with Gasteiger partial charge in [-0.1, -0.05) is 12.1 Å². The zero-order chi connectivity index (χ0) is 8.69. The number of hydrogen-bond acceptors (Lipinski definition) is 4. The van der Waals surface area contributed by atoms with E-state index in [1.807, 2.05) is 6.92 Å². The van der Waals surface area contributed by atoms with Crippen LogP contribution in [-0.2, 0) is 9.63 Å². The zero-order valence-electron chi connectivity index (χ0n) is 6.07. The molecule has 0 rings (SSSR count). The van der Waals surface area contributed by atoms with Crippen LogP contribution in [0.25, 0.3) is 0 Å². The number of rotatable bonds is 4. The molecule has 5 heteroatoms. The Morgan fingerprint density at radius 3 is 2.82 bits per heavy atom. The molecule has 5 nitrogen and oxygen atoms in total. The lowest BCUT2D eigenvalue weighted by Crippen LogP contribution is -2.10. The van der Waals surface area contributed by atoms with Crippen LogP contribution in [0.15, 0.2) is 5.16 Å². The molecule has 0 saturated carbocycles. The Bertz CT molecular complexity index is 204. The van der Waals surface area contributed by atoms with Gasteiger partial charge >= 0.3 is 5.97 Å². The van der Waals surface area contributed by atoms with Crippen molar-refractivity contribution in [2.24, 2.45) is 5.16 Å². The average molecular weight is 156 g/mol. The Labute approximate surface area is 63.9 Å². The molecule has 0 atom stereocenters. The van der Waals surface area contributed by atoms with Gasteiger partial charge in [0.2, 0.25) is 0 Å². The maximum Gasteiger partial charge on any atom is 0.369 e. The molecule has 0 saturated heterocycles. The smallest absolute Gasteiger partial charge is 0.369 e. The number of oxime groups is 1. The van der Waals surface area contributed by atoms with Crippen LogP contribution in [0.4, 0.5) is 0 Å². The third kappa shape index (κ3) is 3.92. The van der Waals surface area contributed by atoms with Gasteiger partial charge in [0.05, 0.1) is 0 Å². The summed E-state index contributed by atoms with van der Waals surface area (Å²) in [5.41, 5.74) is -0.626. The van der Waals surface area contributed by atoms with Gasteiger partial charge in [0, 0.05) is 0 Å². The highest BCUT2D eigenvalue weighted by Gasteiger charge is 2.07. The molecule has 11 heavy (non-hydrogen) atoms. The average Bonchev–Trinajstić information content (AvgIpc) is 1.97. The molecule has 0 aromatic carbocycles. The molecule has 0 aliphatic heterocycles. The molecule has 1 N–H and O–H groups in total. The second-order valence-corrected chi connectivity index (χ2v) is 1.69. The molecule has 0 amide bonds. The molecule has 0 aliphatic rings. The van der Waals surface area contributed by atoms with E-state index in [4.69, 9.17) is 10.4 Å². The first-order chi connectivity index (χ1) is 5.22. The van der Waals surface area contributed by atoms with Crippen LogP contribution in [0.3, 0.4) is 0 Å². The minimum absolute atomic E-state index is 0.318. The third-order valence-corrected chi connectivity index (χ3v) is 0.760. The number of nitriles is 1. The monoisotopic (exact) mass is 156 g/mol. The van der Waals surface area contributed by atoms with E-state index in [2.05, 4.69) is 9.99 Å². The number of aliphatic carboxylic acids is 1. The van der Waals surface area contributed by atoms with Crippen molar-refractivity contribution in [1.82, 2.24) is 0 Å². The molecule has 0 heterocycles. The maximum absolute atomic E-state index is 10.1. The first-order valence-electron chi connectivity index (χ1n) is 3.05. The third-order valence-electron chi connectivity index (χ3n) is 0.760. The van der Waals surface area contributed by atoms with E-state index in [9.17, 15) is 4.79 Å². The van der Waals surface area contributed by atoms with Gasteiger partial charge in [-0.05, 0) is 6.42 Å². The van der Waals surface area contributed by atoms with Crippen molar-refractivity contribution in [2.75, 3.05) is 6.61 Å². The predicted octanol–water partition coefficient (Wildman–Crippen LogP) is 0.377. The zero-order valence-corrected chi connectivity index (χ0v) is 6.07. The van der Waals surface area contributed by atoms with Gasteiger partial charge in [-0.15, -0.1) is 0 Å². The van der Waals surface area contributed by atoms with Crippen LogP contribution in [0.1, 0.15) is 13.3 Å². The van der Waals surface area contributed by atoms with E-state index in [1.54, 1.807) is 0 Å². The van der Waals surface area contributed by atoms with E-state index in [0.29, 0.717) is 6.61 Å². The molecule has 60 valence electrons. The van der Waals surface area contributed by atoms with Gasteiger partial charge in [0.25, 0.3) is 5.71 Å². The maximum atomic E-state index is 10.1. The molecule has 0 unspecified atom stereocenters. The fraction of sp³-hybridized carbons (Fsp3) is 0.500. The molecule has 0 bridgehead atoms. The largest absolute Gasteiger partial charge is 0.476 e. The fourth-order valence-corrected chi connectivity index (χ4v) is 0.309. The van der Waals surface area contributed by atoms with Gasteiger partial charge in [0.15, 0.2) is 0 Å². The van der Waals surface area contributed by atoms with Gasteiger partial charge in [0.1, 0.15) is 12.7 Å². The molecule has 0 aromatic heterocycles. The second kappa shape index (κ2) is 5.23. The van der Waals surface area contributed by atoms with Crippen molar-refractivity contribution >= 4 is 11.7 Å². The molecule has 0 spiro atoms. The Morgan fingerprint density at radius 1 is 1.82 bits per heavy atom. The van der Waals surface area contributed by atoms with Crippen LogP contribution in [0, 0.1) is 11.3 Å². The first kappa shape index (κ1) is 9.43. The van der Waals surface area contributed by atoms with Crippen molar-refractivity contribution in [3.8, 4) is 6.07 Å². The highest BCUT2D eigenvalue weighted by molar-refractivity contribution is 6.42. The van der Waals surface area contributed by atoms with Crippen LogP contribution < -0.4 is 0 Å². The van der Waals surface area contributed by atoms with Crippen LogP contribution >= 0.6 is 0 Å². The lowest BCUT2D eigenvalue weighted by atomic mass is 10.4. The summed E-state index contributed by atoms with van der Waals surface area (Å²) >= 11 is 0. The summed E-state index contributed by atoms with van der Waals surface area (Å²) in [6, 6.07) is 1.39. The number of hydrogen-bond donors (Lipinski definition) is 1.